The SMILES string of the molecule is NNC(=O)CC1CNc2ccccc21. The first kappa shape index (κ1) is 9.02. The zero-order valence-electron chi connectivity index (χ0n) is 7.79. The molecular formula is C10H13N3O. The molecule has 4 N–H and O–H groups in total. The zero-order chi connectivity index (χ0) is 9.97. The van der Waals surface area contributed by atoms with E-state index in [0.717, 1.165) is 12.2 Å². The lowest BCUT2D eigenvalue weighted by molar-refractivity contribution is -0.121. The van der Waals surface area contributed by atoms with Crippen LogP contribution in [0.15, 0.2) is 24.3 Å². The van der Waals surface area contributed by atoms with Gasteiger partial charge in [0.05, 0.1) is 0 Å². The van der Waals surface area contributed by atoms with E-state index in [-0.39, 0.29) is 11.8 Å². The van der Waals surface area contributed by atoms with Gasteiger partial charge in [0, 0.05) is 24.6 Å². The van der Waals surface area contributed by atoms with Crippen molar-refractivity contribution in [2.45, 2.75) is 12.3 Å². The largest absolute Gasteiger partial charge is 0.384 e. The highest BCUT2D eigenvalue weighted by molar-refractivity contribution is 5.77. The highest BCUT2D eigenvalue weighted by Gasteiger charge is 2.23. The second kappa shape index (κ2) is 3.67. The molecule has 0 fully saturated rings. The molecular weight excluding hydrogens is 178 g/mol. The smallest absolute Gasteiger partial charge is 0.234 e. The molecule has 0 aliphatic carbocycles. The number of hydrogen-bond acceptors (Lipinski definition) is 3. The first-order valence-corrected chi connectivity index (χ1v) is 4.63. The maximum Gasteiger partial charge on any atom is 0.234 e. The van der Waals surface area contributed by atoms with Gasteiger partial charge in [-0.15, -0.1) is 0 Å². The minimum absolute atomic E-state index is 0.117. The molecule has 0 saturated carbocycles. The molecule has 74 valence electrons. The number of hydrogen-bond donors (Lipinski definition) is 3. The molecule has 1 aliphatic rings. The van der Waals surface area contributed by atoms with Crippen LogP contribution >= 0.6 is 0 Å². The molecule has 14 heavy (non-hydrogen) atoms. The Balaban J connectivity index is 2.14. The Kier molecular flexibility index (Phi) is 2.37. The van der Waals surface area contributed by atoms with Crippen molar-refractivity contribution >= 4 is 11.6 Å². The lowest BCUT2D eigenvalue weighted by Crippen LogP contribution is -2.31. The van der Waals surface area contributed by atoms with E-state index in [0.29, 0.717) is 6.42 Å². The normalized spacial score (nSPS) is 18.5. The summed E-state index contributed by atoms with van der Waals surface area (Å²) >= 11 is 0. The van der Waals surface area contributed by atoms with Crippen LogP contribution in [0.2, 0.25) is 0 Å². The third kappa shape index (κ3) is 1.56. The summed E-state index contributed by atoms with van der Waals surface area (Å²) in [4.78, 5) is 11.1. The van der Waals surface area contributed by atoms with E-state index in [9.17, 15) is 4.79 Å². The molecule has 1 unspecified atom stereocenters. The molecule has 1 aromatic rings. The predicted molar refractivity (Wildman–Crippen MR) is 54.6 cm³/mol. The number of fused-ring (bicyclic) bond motifs is 1. The monoisotopic (exact) mass is 191 g/mol. The molecule has 1 aromatic carbocycles. The van der Waals surface area contributed by atoms with E-state index in [1.54, 1.807) is 0 Å². The topological polar surface area (TPSA) is 67.1 Å². The van der Waals surface area contributed by atoms with Crippen LogP contribution < -0.4 is 16.6 Å². The van der Waals surface area contributed by atoms with Crippen LogP contribution in [0, 0.1) is 0 Å². The van der Waals surface area contributed by atoms with E-state index < -0.39 is 0 Å². The van der Waals surface area contributed by atoms with Crippen LogP contribution in [-0.4, -0.2) is 12.5 Å². The van der Waals surface area contributed by atoms with Crippen molar-refractivity contribution < 1.29 is 4.79 Å². The van der Waals surface area contributed by atoms with Gasteiger partial charge in [0.1, 0.15) is 0 Å². The van der Waals surface area contributed by atoms with Crippen LogP contribution in [0.5, 0.6) is 0 Å². The van der Waals surface area contributed by atoms with Crippen molar-refractivity contribution in [2.24, 2.45) is 5.84 Å². The summed E-state index contributed by atoms with van der Waals surface area (Å²) in [6, 6.07) is 8.04. The van der Waals surface area contributed by atoms with E-state index in [1.807, 2.05) is 24.3 Å². The second-order valence-corrected chi connectivity index (χ2v) is 3.44. The predicted octanol–water partition coefficient (Wildman–Crippen LogP) is 0.576. The Morgan fingerprint density at radius 3 is 3.14 bits per heavy atom. The average Bonchev–Trinajstić information content (AvgIpc) is 2.62. The van der Waals surface area contributed by atoms with Gasteiger partial charge in [0.2, 0.25) is 5.91 Å². The number of rotatable bonds is 2. The van der Waals surface area contributed by atoms with Crippen molar-refractivity contribution in [3.05, 3.63) is 29.8 Å². The van der Waals surface area contributed by atoms with Crippen LogP contribution in [0.25, 0.3) is 0 Å². The number of para-hydroxylation sites is 1. The Morgan fingerprint density at radius 2 is 2.36 bits per heavy atom. The number of benzene rings is 1. The first-order valence-electron chi connectivity index (χ1n) is 4.63. The molecule has 0 spiro atoms. The third-order valence-corrected chi connectivity index (χ3v) is 2.53. The standard InChI is InChI=1S/C10H13N3O/c11-13-10(14)5-7-6-12-9-4-2-1-3-8(7)9/h1-4,7,12H,5-6,11H2,(H,13,14). The number of anilines is 1. The fourth-order valence-corrected chi connectivity index (χ4v) is 1.82. The van der Waals surface area contributed by atoms with Gasteiger partial charge in [-0.25, -0.2) is 5.84 Å². The molecule has 1 atom stereocenters. The number of nitrogens with two attached hydrogens (primary N) is 1. The summed E-state index contributed by atoms with van der Waals surface area (Å²) in [5, 5.41) is 3.26. The quantitative estimate of drug-likeness (QED) is 0.364. The van der Waals surface area contributed by atoms with Crippen LogP contribution in [0.4, 0.5) is 5.69 Å². The van der Waals surface area contributed by atoms with Crippen molar-refractivity contribution in [1.29, 1.82) is 0 Å². The van der Waals surface area contributed by atoms with Gasteiger partial charge < -0.3 is 5.32 Å². The van der Waals surface area contributed by atoms with Gasteiger partial charge in [-0.3, -0.25) is 10.2 Å². The summed E-state index contributed by atoms with van der Waals surface area (Å²) in [5.41, 5.74) is 4.49. The molecule has 1 heterocycles. The van der Waals surface area contributed by atoms with Gasteiger partial charge in [-0.2, -0.15) is 0 Å². The molecule has 4 heteroatoms. The summed E-state index contributed by atoms with van der Waals surface area (Å²) < 4.78 is 0. The van der Waals surface area contributed by atoms with E-state index in [1.165, 1.54) is 5.56 Å². The summed E-state index contributed by atoms with van der Waals surface area (Å²) in [5.74, 6) is 5.18. The van der Waals surface area contributed by atoms with Crippen molar-refractivity contribution in [2.75, 3.05) is 11.9 Å². The van der Waals surface area contributed by atoms with E-state index in [2.05, 4.69) is 10.7 Å². The van der Waals surface area contributed by atoms with Crippen LogP contribution in [0.1, 0.15) is 17.9 Å². The fraction of sp³-hybridized carbons (Fsp3) is 0.300. The fourth-order valence-electron chi connectivity index (χ4n) is 1.82. The average molecular weight is 191 g/mol. The molecule has 0 aromatic heterocycles. The van der Waals surface area contributed by atoms with Gasteiger partial charge in [-0.05, 0) is 11.6 Å². The number of carbonyl (C=O) groups excluding carboxylic acids is 1. The summed E-state index contributed by atoms with van der Waals surface area (Å²) in [6.07, 6.45) is 0.445. The molecule has 0 bridgehead atoms. The maximum absolute atomic E-state index is 11.1. The Hall–Kier alpha value is -1.55. The minimum atomic E-state index is -0.117. The third-order valence-electron chi connectivity index (χ3n) is 2.53. The Labute approximate surface area is 82.5 Å². The van der Waals surface area contributed by atoms with E-state index in [4.69, 9.17) is 5.84 Å². The molecule has 1 aliphatic heterocycles. The Bertz CT molecular complexity index is 351. The second-order valence-electron chi connectivity index (χ2n) is 3.44. The minimum Gasteiger partial charge on any atom is -0.384 e. The highest BCUT2D eigenvalue weighted by atomic mass is 16.2. The van der Waals surface area contributed by atoms with Gasteiger partial charge in [0.15, 0.2) is 0 Å². The number of carbonyl (C=O) groups is 1. The first-order chi connectivity index (χ1) is 6.81. The van der Waals surface area contributed by atoms with Crippen molar-refractivity contribution in [1.82, 2.24) is 5.43 Å². The Morgan fingerprint density at radius 1 is 1.57 bits per heavy atom. The van der Waals surface area contributed by atoms with Crippen molar-refractivity contribution in [3.8, 4) is 0 Å². The van der Waals surface area contributed by atoms with Gasteiger partial charge in [0.25, 0.3) is 0 Å². The molecule has 0 saturated heterocycles. The van der Waals surface area contributed by atoms with Crippen LogP contribution in [0.3, 0.4) is 0 Å². The van der Waals surface area contributed by atoms with E-state index >= 15 is 0 Å². The lowest BCUT2D eigenvalue weighted by atomic mass is 9.98. The molecule has 0 radical (unpaired) electrons. The number of amides is 1. The summed E-state index contributed by atoms with van der Waals surface area (Å²) in [7, 11) is 0. The van der Waals surface area contributed by atoms with Gasteiger partial charge >= 0.3 is 0 Å². The molecule has 1 amide bonds. The highest BCUT2D eigenvalue weighted by Crippen LogP contribution is 2.32. The number of nitrogens with one attached hydrogen (secondary N) is 2. The lowest BCUT2D eigenvalue weighted by Gasteiger charge is -2.07. The molecule has 4 nitrogen and oxygen atoms in total. The maximum atomic E-state index is 11.1. The zero-order valence-corrected chi connectivity index (χ0v) is 7.79. The molecule has 2 rings (SSSR count). The van der Waals surface area contributed by atoms with Crippen LogP contribution in [-0.2, 0) is 4.79 Å². The van der Waals surface area contributed by atoms with Crippen molar-refractivity contribution in [3.63, 3.8) is 0 Å². The summed E-state index contributed by atoms with van der Waals surface area (Å²) in [6.45, 7) is 0.812. The number of hydrazine groups is 1. The van der Waals surface area contributed by atoms with Gasteiger partial charge in [-0.1, -0.05) is 18.2 Å².